The Labute approximate surface area is 84.7 Å². The maximum atomic E-state index is 6.11. The van der Waals surface area contributed by atoms with Crippen molar-refractivity contribution in [3.63, 3.8) is 0 Å². The monoisotopic (exact) mass is 203 g/mol. The van der Waals surface area contributed by atoms with Gasteiger partial charge in [-0.05, 0) is 18.2 Å². The van der Waals surface area contributed by atoms with Crippen LogP contribution in [0, 0.1) is 0 Å². The lowest BCUT2D eigenvalue weighted by Crippen LogP contribution is -1.80. The van der Waals surface area contributed by atoms with Crippen LogP contribution in [0.15, 0.2) is 30.6 Å². The second-order valence-corrected chi connectivity index (χ2v) is 3.49. The van der Waals surface area contributed by atoms with Crippen LogP contribution < -0.4 is 0 Å². The number of pyridine rings is 1. The first-order chi connectivity index (χ1) is 6.86. The third-order valence-electron chi connectivity index (χ3n) is 2.27. The molecule has 0 bridgehead atoms. The van der Waals surface area contributed by atoms with Crippen molar-refractivity contribution in [3.8, 4) is 0 Å². The maximum absolute atomic E-state index is 6.11. The smallest absolute Gasteiger partial charge is 0.0759 e. The molecule has 0 unspecified atom stereocenters. The quantitative estimate of drug-likeness (QED) is 0.611. The number of rotatable bonds is 0. The highest BCUT2D eigenvalue weighted by Gasteiger charge is 2.05. The van der Waals surface area contributed by atoms with Gasteiger partial charge in [-0.25, -0.2) is 0 Å². The van der Waals surface area contributed by atoms with E-state index in [-0.39, 0.29) is 0 Å². The van der Waals surface area contributed by atoms with Crippen LogP contribution in [0.4, 0.5) is 0 Å². The standard InChI is InChI=1S/C10H6ClN3/c11-7-3-4-12-8-2-1-6-5-13-14-10(6)9(7)8/h1-5H,(H,13,14). The Morgan fingerprint density at radius 1 is 1.21 bits per heavy atom. The molecule has 68 valence electrons. The zero-order chi connectivity index (χ0) is 9.54. The number of nitrogens with zero attached hydrogens (tertiary/aromatic N) is 2. The fourth-order valence-electron chi connectivity index (χ4n) is 1.62. The van der Waals surface area contributed by atoms with Crippen molar-refractivity contribution in [3.05, 3.63) is 35.6 Å². The first-order valence-corrected chi connectivity index (χ1v) is 4.60. The third-order valence-corrected chi connectivity index (χ3v) is 2.58. The van der Waals surface area contributed by atoms with Crippen LogP contribution in [0.25, 0.3) is 21.8 Å². The Morgan fingerprint density at radius 3 is 3.07 bits per heavy atom. The predicted octanol–water partition coefficient (Wildman–Crippen LogP) is 2.76. The largest absolute Gasteiger partial charge is 0.277 e. The number of aromatic nitrogens is 3. The summed E-state index contributed by atoms with van der Waals surface area (Å²) < 4.78 is 0. The fraction of sp³-hybridized carbons (Fsp3) is 0. The number of benzene rings is 1. The zero-order valence-electron chi connectivity index (χ0n) is 7.16. The minimum absolute atomic E-state index is 0.699. The molecule has 0 saturated carbocycles. The molecule has 0 aliphatic carbocycles. The molecule has 0 aliphatic heterocycles. The highest BCUT2D eigenvalue weighted by molar-refractivity contribution is 6.37. The molecule has 0 fully saturated rings. The minimum atomic E-state index is 0.699. The Bertz CT molecular complexity index is 615. The summed E-state index contributed by atoms with van der Waals surface area (Å²) in [5.41, 5.74) is 1.83. The van der Waals surface area contributed by atoms with Gasteiger partial charge in [0, 0.05) is 17.0 Å². The van der Waals surface area contributed by atoms with Gasteiger partial charge in [-0.15, -0.1) is 0 Å². The number of hydrogen-bond donors (Lipinski definition) is 1. The first kappa shape index (κ1) is 7.76. The van der Waals surface area contributed by atoms with Crippen molar-refractivity contribution >= 4 is 33.4 Å². The summed E-state index contributed by atoms with van der Waals surface area (Å²) in [6.07, 6.45) is 3.48. The van der Waals surface area contributed by atoms with Crippen molar-refractivity contribution in [2.75, 3.05) is 0 Å². The van der Waals surface area contributed by atoms with Gasteiger partial charge in [-0.1, -0.05) is 11.6 Å². The molecule has 1 aromatic carbocycles. The lowest BCUT2D eigenvalue weighted by Gasteiger charge is -1.99. The summed E-state index contributed by atoms with van der Waals surface area (Å²) in [5, 5.41) is 9.59. The number of fused-ring (bicyclic) bond motifs is 3. The van der Waals surface area contributed by atoms with Crippen molar-refractivity contribution in [1.29, 1.82) is 0 Å². The molecule has 0 amide bonds. The number of aromatic amines is 1. The average Bonchev–Trinajstić information content (AvgIpc) is 2.65. The molecule has 0 radical (unpaired) electrons. The topological polar surface area (TPSA) is 41.6 Å². The summed E-state index contributed by atoms with van der Waals surface area (Å²) in [6, 6.07) is 5.70. The van der Waals surface area contributed by atoms with E-state index in [0.717, 1.165) is 21.8 Å². The summed E-state index contributed by atoms with van der Waals surface area (Å²) in [4.78, 5) is 4.24. The van der Waals surface area contributed by atoms with Crippen LogP contribution in [0.3, 0.4) is 0 Å². The van der Waals surface area contributed by atoms with E-state index in [1.54, 1.807) is 18.5 Å². The molecular weight excluding hydrogens is 198 g/mol. The Hall–Kier alpha value is -1.61. The summed E-state index contributed by atoms with van der Waals surface area (Å²) in [6.45, 7) is 0. The summed E-state index contributed by atoms with van der Waals surface area (Å²) in [5.74, 6) is 0. The number of H-pyrrole nitrogens is 1. The van der Waals surface area contributed by atoms with Gasteiger partial charge < -0.3 is 0 Å². The van der Waals surface area contributed by atoms with E-state index in [1.165, 1.54) is 0 Å². The lowest BCUT2D eigenvalue weighted by molar-refractivity contribution is 1.12. The van der Waals surface area contributed by atoms with Crippen LogP contribution in [-0.2, 0) is 0 Å². The highest BCUT2D eigenvalue weighted by Crippen LogP contribution is 2.27. The Morgan fingerprint density at radius 2 is 2.14 bits per heavy atom. The number of nitrogens with one attached hydrogen (secondary N) is 1. The Balaban J connectivity index is 2.67. The molecule has 3 aromatic rings. The molecule has 3 rings (SSSR count). The normalized spacial score (nSPS) is 11.2. The molecule has 1 N–H and O–H groups in total. The van der Waals surface area contributed by atoms with E-state index in [2.05, 4.69) is 15.2 Å². The molecule has 3 nitrogen and oxygen atoms in total. The van der Waals surface area contributed by atoms with Gasteiger partial charge in [0.05, 0.1) is 22.3 Å². The lowest BCUT2D eigenvalue weighted by atomic mass is 10.1. The van der Waals surface area contributed by atoms with Gasteiger partial charge in [0.25, 0.3) is 0 Å². The van der Waals surface area contributed by atoms with Crippen LogP contribution in [0.5, 0.6) is 0 Å². The van der Waals surface area contributed by atoms with E-state index in [4.69, 9.17) is 11.6 Å². The van der Waals surface area contributed by atoms with E-state index in [0.29, 0.717) is 5.02 Å². The molecule has 0 saturated heterocycles. The van der Waals surface area contributed by atoms with Gasteiger partial charge in [-0.3, -0.25) is 10.1 Å². The van der Waals surface area contributed by atoms with Crippen LogP contribution in [-0.4, -0.2) is 15.2 Å². The molecular formula is C10H6ClN3. The van der Waals surface area contributed by atoms with E-state index in [9.17, 15) is 0 Å². The molecule has 4 heteroatoms. The van der Waals surface area contributed by atoms with E-state index >= 15 is 0 Å². The summed E-state index contributed by atoms with van der Waals surface area (Å²) >= 11 is 6.11. The van der Waals surface area contributed by atoms with Gasteiger partial charge in [0.2, 0.25) is 0 Å². The maximum Gasteiger partial charge on any atom is 0.0759 e. The Kier molecular flexibility index (Phi) is 1.49. The third kappa shape index (κ3) is 0.930. The molecule has 14 heavy (non-hydrogen) atoms. The zero-order valence-corrected chi connectivity index (χ0v) is 7.92. The summed E-state index contributed by atoms with van der Waals surface area (Å²) in [7, 11) is 0. The van der Waals surface area contributed by atoms with Gasteiger partial charge >= 0.3 is 0 Å². The predicted molar refractivity (Wildman–Crippen MR) is 56.4 cm³/mol. The van der Waals surface area contributed by atoms with Crippen molar-refractivity contribution in [2.45, 2.75) is 0 Å². The molecule has 0 aliphatic rings. The molecule has 0 spiro atoms. The second-order valence-electron chi connectivity index (χ2n) is 3.09. The van der Waals surface area contributed by atoms with Crippen molar-refractivity contribution in [2.24, 2.45) is 0 Å². The van der Waals surface area contributed by atoms with Crippen molar-refractivity contribution < 1.29 is 0 Å². The fourth-order valence-corrected chi connectivity index (χ4v) is 1.87. The average molecular weight is 204 g/mol. The number of halogens is 1. The SMILES string of the molecule is Clc1ccnc2ccc3cn[nH]c3c12. The highest BCUT2D eigenvalue weighted by atomic mass is 35.5. The van der Waals surface area contributed by atoms with Gasteiger partial charge in [0.15, 0.2) is 0 Å². The van der Waals surface area contributed by atoms with Crippen LogP contribution in [0.1, 0.15) is 0 Å². The van der Waals surface area contributed by atoms with Crippen LogP contribution >= 0.6 is 11.6 Å². The molecule has 0 atom stereocenters. The first-order valence-electron chi connectivity index (χ1n) is 4.22. The molecule has 2 heterocycles. The molecule has 2 aromatic heterocycles. The minimum Gasteiger partial charge on any atom is -0.277 e. The second kappa shape index (κ2) is 2.69. The van der Waals surface area contributed by atoms with Gasteiger partial charge in [-0.2, -0.15) is 5.10 Å². The number of hydrogen-bond acceptors (Lipinski definition) is 2. The van der Waals surface area contributed by atoms with E-state index < -0.39 is 0 Å². The van der Waals surface area contributed by atoms with Crippen LogP contribution in [0.2, 0.25) is 5.02 Å². The van der Waals surface area contributed by atoms with Crippen molar-refractivity contribution in [1.82, 2.24) is 15.2 Å². The van der Waals surface area contributed by atoms with Gasteiger partial charge in [0.1, 0.15) is 0 Å². The van der Waals surface area contributed by atoms with E-state index in [1.807, 2.05) is 12.1 Å².